The molecule has 2 aromatic carbocycles. The zero-order valence-corrected chi connectivity index (χ0v) is 19.1. The predicted octanol–water partition coefficient (Wildman–Crippen LogP) is 5.45. The number of esters is 1. The van der Waals surface area contributed by atoms with Gasteiger partial charge in [-0.15, -0.1) is 0 Å². The van der Waals surface area contributed by atoms with Gasteiger partial charge < -0.3 is 14.8 Å². The number of amides is 1. The van der Waals surface area contributed by atoms with Gasteiger partial charge in [-0.2, -0.15) is 13.2 Å². The summed E-state index contributed by atoms with van der Waals surface area (Å²) in [5.74, 6) is -1.61. The van der Waals surface area contributed by atoms with E-state index >= 15 is 0 Å². The molecule has 0 unspecified atom stereocenters. The van der Waals surface area contributed by atoms with Crippen LogP contribution in [0.5, 0.6) is 0 Å². The standard InChI is InChI=1S/C25H27F4NO4/c1-24(2,3)34-23(32)30-21(13-16-4-8-17(9-5-16)25(27,28)29)20-14-19(33-22(20)31)12-15-6-10-18(26)11-7-15/h4-11,19-21H,12-14H2,1-3H3,(H,30,32)/t19-,20-,21+/m0/s1. The summed E-state index contributed by atoms with van der Waals surface area (Å²) in [7, 11) is 0. The van der Waals surface area contributed by atoms with Crippen molar-refractivity contribution in [1.82, 2.24) is 5.32 Å². The van der Waals surface area contributed by atoms with Crippen molar-refractivity contribution in [1.29, 1.82) is 0 Å². The molecule has 34 heavy (non-hydrogen) atoms. The minimum atomic E-state index is -4.46. The van der Waals surface area contributed by atoms with E-state index in [9.17, 15) is 27.2 Å². The molecule has 1 aliphatic heterocycles. The molecule has 1 amide bonds. The van der Waals surface area contributed by atoms with Gasteiger partial charge in [0.25, 0.3) is 0 Å². The molecule has 9 heteroatoms. The number of carbonyl (C=O) groups is 2. The zero-order valence-electron chi connectivity index (χ0n) is 19.1. The number of alkyl carbamates (subject to hydrolysis) is 1. The van der Waals surface area contributed by atoms with Crippen molar-refractivity contribution in [2.45, 2.75) is 64.0 Å². The van der Waals surface area contributed by atoms with Crippen LogP contribution in [-0.2, 0) is 33.3 Å². The number of hydrogen-bond acceptors (Lipinski definition) is 4. The molecule has 0 spiro atoms. The van der Waals surface area contributed by atoms with Gasteiger partial charge in [0.15, 0.2) is 0 Å². The highest BCUT2D eigenvalue weighted by molar-refractivity contribution is 5.77. The summed E-state index contributed by atoms with van der Waals surface area (Å²) in [6, 6.07) is 9.67. The van der Waals surface area contributed by atoms with Crippen LogP contribution in [-0.4, -0.2) is 29.8 Å². The third-order valence-corrected chi connectivity index (χ3v) is 5.40. The summed E-state index contributed by atoms with van der Waals surface area (Å²) in [4.78, 5) is 25.1. The summed E-state index contributed by atoms with van der Waals surface area (Å²) < 4.78 is 62.7. The first kappa shape index (κ1) is 25.5. The Morgan fingerprint density at radius 2 is 1.65 bits per heavy atom. The largest absolute Gasteiger partial charge is 0.462 e. The SMILES string of the molecule is CC(C)(C)OC(=O)N[C@H](Cc1ccc(C(F)(F)F)cc1)[C@@H]1C[C@H](Cc2ccc(F)cc2)OC1=O. The lowest BCUT2D eigenvalue weighted by molar-refractivity contribution is -0.144. The molecule has 0 bridgehead atoms. The average Bonchev–Trinajstić information content (AvgIpc) is 3.07. The van der Waals surface area contributed by atoms with Gasteiger partial charge in [-0.05, 0) is 69.0 Å². The molecule has 0 saturated carbocycles. The molecule has 5 nitrogen and oxygen atoms in total. The molecule has 3 atom stereocenters. The summed E-state index contributed by atoms with van der Waals surface area (Å²) in [5, 5.41) is 2.70. The van der Waals surface area contributed by atoms with Crippen molar-refractivity contribution in [2.75, 3.05) is 0 Å². The van der Waals surface area contributed by atoms with Crippen molar-refractivity contribution in [3.8, 4) is 0 Å². The Hall–Kier alpha value is -3.10. The smallest absolute Gasteiger partial charge is 0.416 e. The van der Waals surface area contributed by atoms with Crippen LogP contribution in [0.2, 0.25) is 0 Å². The van der Waals surface area contributed by atoms with E-state index in [-0.39, 0.29) is 18.7 Å². The van der Waals surface area contributed by atoms with E-state index in [2.05, 4.69) is 5.32 Å². The Morgan fingerprint density at radius 1 is 1.06 bits per heavy atom. The molecule has 1 heterocycles. The fraction of sp³-hybridized carbons (Fsp3) is 0.440. The van der Waals surface area contributed by atoms with E-state index in [1.807, 2.05) is 0 Å². The number of nitrogens with one attached hydrogen (secondary N) is 1. The molecule has 0 aliphatic carbocycles. The Bertz CT molecular complexity index is 998. The number of hydrogen-bond donors (Lipinski definition) is 1. The van der Waals surface area contributed by atoms with Gasteiger partial charge in [-0.3, -0.25) is 4.79 Å². The summed E-state index contributed by atoms with van der Waals surface area (Å²) in [6.45, 7) is 5.08. The van der Waals surface area contributed by atoms with E-state index in [1.54, 1.807) is 32.9 Å². The topological polar surface area (TPSA) is 64.6 Å². The van der Waals surface area contributed by atoms with Crippen LogP contribution in [0, 0.1) is 11.7 Å². The molecule has 184 valence electrons. The summed E-state index contributed by atoms with van der Waals surface area (Å²) in [5.41, 5.74) is -0.250. The first-order valence-corrected chi connectivity index (χ1v) is 10.9. The summed E-state index contributed by atoms with van der Waals surface area (Å²) in [6.07, 6.45) is -4.90. The van der Waals surface area contributed by atoms with Crippen molar-refractivity contribution < 1.29 is 36.6 Å². The Morgan fingerprint density at radius 3 is 2.21 bits per heavy atom. The second-order valence-corrected chi connectivity index (χ2v) is 9.38. The molecule has 1 aliphatic rings. The third-order valence-electron chi connectivity index (χ3n) is 5.40. The molecule has 1 saturated heterocycles. The highest BCUT2D eigenvalue weighted by Gasteiger charge is 2.41. The van der Waals surface area contributed by atoms with E-state index in [0.29, 0.717) is 12.0 Å². The number of halogens is 4. The van der Waals surface area contributed by atoms with Crippen LogP contribution in [0.15, 0.2) is 48.5 Å². The Kier molecular flexibility index (Phi) is 7.53. The zero-order chi connectivity index (χ0) is 25.1. The molecular formula is C25H27F4NO4. The lowest BCUT2D eigenvalue weighted by Gasteiger charge is -2.26. The maximum atomic E-state index is 13.2. The van der Waals surface area contributed by atoms with Gasteiger partial charge in [0, 0.05) is 12.5 Å². The molecule has 3 rings (SSSR count). The number of ether oxygens (including phenoxy) is 2. The molecule has 0 radical (unpaired) electrons. The van der Waals surface area contributed by atoms with E-state index in [4.69, 9.17) is 9.47 Å². The second kappa shape index (κ2) is 10.0. The van der Waals surface area contributed by atoms with Crippen molar-refractivity contribution >= 4 is 12.1 Å². The predicted molar refractivity (Wildman–Crippen MR) is 116 cm³/mol. The fourth-order valence-electron chi connectivity index (χ4n) is 3.85. The van der Waals surface area contributed by atoms with Gasteiger partial charge in [0.2, 0.25) is 0 Å². The van der Waals surface area contributed by atoms with Gasteiger partial charge in [0.1, 0.15) is 17.5 Å². The maximum Gasteiger partial charge on any atom is 0.416 e. The number of rotatable bonds is 6. The van der Waals surface area contributed by atoms with E-state index in [0.717, 1.165) is 17.7 Å². The minimum absolute atomic E-state index is 0.112. The highest BCUT2D eigenvalue weighted by Crippen LogP contribution is 2.31. The maximum absolute atomic E-state index is 13.2. The number of cyclic esters (lactones) is 1. The quantitative estimate of drug-likeness (QED) is 0.440. The van der Waals surface area contributed by atoms with Gasteiger partial charge in [0.05, 0.1) is 11.5 Å². The van der Waals surface area contributed by atoms with Crippen LogP contribution < -0.4 is 5.32 Å². The average molecular weight is 481 g/mol. The van der Waals surface area contributed by atoms with Crippen LogP contribution in [0.4, 0.5) is 22.4 Å². The highest BCUT2D eigenvalue weighted by atomic mass is 19.4. The van der Waals surface area contributed by atoms with E-state index in [1.165, 1.54) is 24.3 Å². The fourth-order valence-corrected chi connectivity index (χ4v) is 3.85. The van der Waals surface area contributed by atoms with Crippen molar-refractivity contribution in [3.05, 3.63) is 71.0 Å². The van der Waals surface area contributed by atoms with Crippen LogP contribution >= 0.6 is 0 Å². The second-order valence-electron chi connectivity index (χ2n) is 9.38. The first-order chi connectivity index (χ1) is 15.8. The van der Waals surface area contributed by atoms with Gasteiger partial charge in [-0.1, -0.05) is 24.3 Å². The lowest BCUT2D eigenvalue weighted by atomic mass is 9.89. The first-order valence-electron chi connectivity index (χ1n) is 10.9. The van der Waals surface area contributed by atoms with Gasteiger partial charge >= 0.3 is 18.2 Å². The summed E-state index contributed by atoms with van der Waals surface area (Å²) >= 11 is 0. The van der Waals surface area contributed by atoms with Crippen molar-refractivity contribution in [3.63, 3.8) is 0 Å². The van der Waals surface area contributed by atoms with Crippen LogP contribution in [0.3, 0.4) is 0 Å². The number of carbonyl (C=O) groups excluding carboxylic acids is 2. The van der Waals surface area contributed by atoms with Crippen LogP contribution in [0.1, 0.15) is 43.9 Å². The number of benzene rings is 2. The molecule has 0 aromatic heterocycles. The molecule has 1 fully saturated rings. The third kappa shape index (κ3) is 7.20. The molecular weight excluding hydrogens is 454 g/mol. The Labute approximate surface area is 195 Å². The molecule has 1 N–H and O–H groups in total. The lowest BCUT2D eigenvalue weighted by Crippen LogP contribution is -2.45. The van der Waals surface area contributed by atoms with Crippen LogP contribution in [0.25, 0.3) is 0 Å². The van der Waals surface area contributed by atoms with E-state index < -0.39 is 47.5 Å². The van der Waals surface area contributed by atoms with Crippen molar-refractivity contribution in [2.24, 2.45) is 5.92 Å². The normalized spacial score (nSPS) is 19.4. The minimum Gasteiger partial charge on any atom is -0.462 e. The number of alkyl halides is 3. The van der Waals surface area contributed by atoms with Gasteiger partial charge in [-0.25, -0.2) is 9.18 Å². The molecule has 2 aromatic rings. The monoisotopic (exact) mass is 481 g/mol. The Balaban J connectivity index is 1.76.